The maximum Gasteiger partial charge on any atom is 0.306 e. The number of aliphatic hydroxyl groups excluding tert-OH is 1. The number of aryl methyl sites for hydroxylation is 1. The van der Waals surface area contributed by atoms with Gasteiger partial charge in [-0.3, -0.25) is 43.3 Å². The molecule has 88 heavy (non-hydrogen) atoms. The normalized spacial score (nSPS) is 18.6. The fraction of sp³-hybridized carbons (Fsp3) is 0.351. The van der Waals surface area contributed by atoms with Gasteiger partial charge in [0.2, 0.25) is 17.7 Å². The number of nitrogens with zero attached hydrogens (tertiary/aromatic N) is 8. The molecule has 1 aliphatic heterocycles. The minimum absolute atomic E-state index is 0.0142. The molecule has 0 spiro atoms. The Bertz CT molecular complexity index is 3950. The second kappa shape index (κ2) is 27.5. The highest BCUT2D eigenvalue weighted by Crippen LogP contribution is 2.41. The van der Waals surface area contributed by atoms with Crippen molar-refractivity contribution in [2.24, 2.45) is 17.8 Å². The molecule has 7 aromatic heterocycles. The third-order valence-corrected chi connectivity index (χ3v) is 20.2. The number of methoxy groups -OCH3 is 1. The molecule has 8 heterocycles. The third kappa shape index (κ3) is 14.0. The highest BCUT2D eigenvalue weighted by Gasteiger charge is 2.38. The highest BCUT2D eigenvalue weighted by atomic mass is 32.1. The van der Waals surface area contributed by atoms with Gasteiger partial charge in [-0.2, -0.15) is 0 Å². The van der Waals surface area contributed by atoms with Crippen molar-refractivity contribution in [3.05, 3.63) is 111 Å². The number of fused-ring (bicyclic) bond motifs is 14. The molecule has 31 heteroatoms. The summed E-state index contributed by atoms with van der Waals surface area (Å²) in [5.41, 5.74) is 2.27. The summed E-state index contributed by atoms with van der Waals surface area (Å²) in [6, 6.07) is 9.21. The first kappa shape index (κ1) is 62.9. The van der Waals surface area contributed by atoms with Gasteiger partial charge >= 0.3 is 11.9 Å². The number of hydrogen-bond donors (Lipinski definition) is 8. The maximum atomic E-state index is 14.4. The molecular weight excluding hydrogens is 1250 g/mol. The Balaban J connectivity index is 1.05. The first-order valence-electron chi connectivity index (χ1n) is 27.5. The van der Waals surface area contributed by atoms with Crippen molar-refractivity contribution in [3.63, 3.8) is 0 Å². The van der Waals surface area contributed by atoms with Crippen molar-refractivity contribution in [3.8, 4) is 43.4 Å². The number of nitrogens with one attached hydrogen (secondary N) is 5. The zero-order valence-electron chi connectivity index (χ0n) is 47.6. The summed E-state index contributed by atoms with van der Waals surface area (Å²) in [5, 5.41) is 54.0. The number of aliphatic carboxylic acids is 2. The Kier molecular flexibility index (Phi) is 19.6. The molecule has 10 rings (SSSR count). The predicted molar refractivity (Wildman–Crippen MR) is 330 cm³/mol. The molecule has 1 saturated carbocycles. The molecule has 1 unspecified atom stereocenters. The number of carboxylic acids is 2. The van der Waals surface area contributed by atoms with Crippen LogP contribution in [0.25, 0.3) is 43.4 Å². The van der Waals surface area contributed by atoms with E-state index in [-0.39, 0.29) is 65.5 Å². The van der Waals surface area contributed by atoms with Gasteiger partial charge in [-0.1, -0.05) is 44.2 Å². The zero-order chi connectivity index (χ0) is 62.5. The average molecular weight is 1310 g/mol. The first-order chi connectivity index (χ1) is 42.3. The molecule has 8 N–H and O–H groups in total. The number of carboxylic acid groups (broad SMARTS) is 2. The number of carbonyl (C=O) groups is 8. The van der Waals surface area contributed by atoms with Crippen molar-refractivity contribution < 1.29 is 58.4 Å². The summed E-state index contributed by atoms with van der Waals surface area (Å²) < 4.78 is 5.45. The van der Waals surface area contributed by atoms with Crippen LogP contribution < -0.4 is 31.5 Å². The second-order valence-corrected chi connectivity index (χ2v) is 26.6. The number of benzene rings is 1. The molecule has 458 valence electrons. The van der Waals surface area contributed by atoms with E-state index in [9.17, 15) is 53.7 Å². The van der Waals surface area contributed by atoms with E-state index < -0.39 is 96.4 Å². The van der Waals surface area contributed by atoms with Crippen LogP contribution in [0.4, 0.5) is 5.82 Å². The molecule has 0 saturated heterocycles. The number of thiazole rings is 6. The van der Waals surface area contributed by atoms with Gasteiger partial charge in [0.05, 0.1) is 54.6 Å². The number of aliphatic hydroxyl groups is 1. The van der Waals surface area contributed by atoms with Crippen LogP contribution in [-0.4, -0.2) is 125 Å². The largest absolute Gasteiger partial charge is 0.481 e. The number of hydrogen-bond acceptors (Lipinski definition) is 23. The molecule has 10 bridgehead atoms. The second-order valence-electron chi connectivity index (χ2n) is 20.8. The van der Waals surface area contributed by atoms with E-state index in [0.717, 1.165) is 56.7 Å². The van der Waals surface area contributed by atoms with Crippen LogP contribution in [0.1, 0.15) is 132 Å². The van der Waals surface area contributed by atoms with Crippen LogP contribution in [0.15, 0.2) is 64.0 Å². The van der Waals surface area contributed by atoms with Gasteiger partial charge in [0.25, 0.3) is 17.7 Å². The number of pyridine rings is 1. The number of amides is 6. The summed E-state index contributed by atoms with van der Waals surface area (Å²) in [4.78, 5) is 143. The van der Waals surface area contributed by atoms with E-state index in [2.05, 4.69) is 36.6 Å². The van der Waals surface area contributed by atoms with Gasteiger partial charge in [-0.15, -0.1) is 68.0 Å². The van der Waals surface area contributed by atoms with Gasteiger partial charge in [0, 0.05) is 58.6 Å². The highest BCUT2D eigenvalue weighted by molar-refractivity contribution is 7.15. The fourth-order valence-corrected chi connectivity index (χ4v) is 15.4. The number of aromatic nitrogens is 7. The van der Waals surface area contributed by atoms with Crippen LogP contribution in [0, 0.1) is 24.7 Å². The van der Waals surface area contributed by atoms with E-state index in [1.807, 2.05) is 13.8 Å². The summed E-state index contributed by atoms with van der Waals surface area (Å²) in [5.74, 6) is -7.02. The Morgan fingerprint density at radius 2 is 1.41 bits per heavy atom. The topological polar surface area (TPSA) is 360 Å². The minimum Gasteiger partial charge on any atom is -0.481 e. The Morgan fingerprint density at radius 3 is 2.14 bits per heavy atom. The molecule has 0 radical (unpaired) electrons. The van der Waals surface area contributed by atoms with E-state index in [1.165, 1.54) is 30.4 Å². The number of rotatable bonds is 14. The van der Waals surface area contributed by atoms with Crippen LogP contribution in [0.5, 0.6) is 0 Å². The lowest BCUT2D eigenvalue weighted by molar-refractivity contribution is -0.141. The smallest absolute Gasteiger partial charge is 0.306 e. The van der Waals surface area contributed by atoms with E-state index in [0.29, 0.717) is 75.8 Å². The molecule has 6 atom stereocenters. The average Bonchev–Trinajstić information content (AvgIpc) is 2.54. The van der Waals surface area contributed by atoms with Crippen molar-refractivity contribution in [1.29, 1.82) is 0 Å². The van der Waals surface area contributed by atoms with E-state index in [1.54, 1.807) is 70.9 Å². The summed E-state index contributed by atoms with van der Waals surface area (Å²) in [6.07, 6.45) is -1.21. The number of anilines is 1. The maximum absolute atomic E-state index is 14.4. The summed E-state index contributed by atoms with van der Waals surface area (Å²) in [7, 11) is 2.91. The summed E-state index contributed by atoms with van der Waals surface area (Å²) in [6.45, 7) is 4.67. The molecule has 1 aliphatic carbocycles. The molecular formula is C57H57N13O12S6. The standard InChI is InChI=1S/C57H57N13O12S6/c1-25(2)41-55-69-44(36(88-55)20-82-5)48(77)59-19-39(72)66-45(46(75)27-9-7-6-8-10-27)54-64-35(23-85-54)52-62-33(21-84-52)43-30(50-63-34(22-83-50)47(76)61-32(18-38(71)58-4)53-68-42(26(3)87-53)49(78)67-41)13-14-31(60-43)51-65-37(24-86-51)70(16-15-40(73)74)56(79)28-11-12-29(17-28)57(80)81/h6-10,13-14,21-25,28-29,32,41,45-46,75H,11-12,15-20H2,1-5H3,(H,58,71)(H,59,77)(H,61,76)(H,66,72)(H,67,78)(H,73,74)(H,80,81)/t28-,29-,32-,41?,45-,46-/m0/s1. The lowest BCUT2D eigenvalue weighted by Gasteiger charge is -2.23. The Morgan fingerprint density at radius 1 is 0.705 bits per heavy atom. The molecule has 1 aromatic carbocycles. The van der Waals surface area contributed by atoms with Gasteiger partial charge in [-0.25, -0.2) is 34.9 Å². The number of carbonyl (C=O) groups excluding carboxylic acids is 6. The van der Waals surface area contributed by atoms with Gasteiger partial charge in [0.1, 0.15) is 82.2 Å². The molecule has 1 fully saturated rings. The Hall–Kier alpha value is -8.17. The molecule has 6 amide bonds. The van der Waals surface area contributed by atoms with Crippen LogP contribution in [0.2, 0.25) is 0 Å². The molecule has 8 aromatic rings. The third-order valence-electron chi connectivity index (χ3n) is 14.5. The lowest BCUT2D eigenvalue weighted by Crippen LogP contribution is -2.40. The SMILES string of the molecule is CNC(=O)C[C@@H]1NC(=O)c2csc(n2)-c2ccc(-c3nc(N(CCC(=O)O)C(=O)[C@H]4CC[C@H](C(=O)O)C4)cs3)nc2-c2csc(n2)-c2csc(n2)[C@H]([C@@H](O)c2ccccc2)NC(=O)CNC(=O)c2nc(sc2COC)C(C(C)C)NC(=O)c2nc1sc2C. The van der Waals surface area contributed by atoms with Crippen molar-refractivity contribution in [2.75, 3.05) is 32.1 Å². The van der Waals surface area contributed by atoms with Gasteiger partial charge in [0.15, 0.2) is 0 Å². The fourth-order valence-electron chi connectivity index (χ4n) is 9.90. The Labute approximate surface area is 526 Å². The predicted octanol–water partition coefficient (Wildman–Crippen LogP) is 7.62. The lowest BCUT2D eigenvalue weighted by atomic mass is 10.0. The van der Waals surface area contributed by atoms with Crippen molar-refractivity contribution >= 4 is 121 Å². The van der Waals surface area contributed by atoms with Crippen molar-refractivity contribution in [1.82, 2.24) is 61.5 Å². The van der Waals surface area contributed by atoms with Crippen LogP contribution in [0.3, 0.4) is 0 Å². The summed E-state index contributed by atoms with van der Waals surface area (Å²) >= 11 is 6.94. The van der Waals surface area contributed by atoms with Gasteiger partial charge < -0.3 is 46.6 Å². The molecule has 25 nitrogen and oxygen atoms in total. The zero-order valence-corrected chi connectivity index (χ0v) is 52.5. The van der Waals surface area contributed by atoms with E-state index >= 15 is 0 Å². The van der Waals surface area contributed by atoms with Crippen molar-refractivity contribution in [2.45, 2.75) is 83.7 Å². The van der Waals surface area contributed by atoms with Crippen LogP contribution >= 0.6 is 68.0 Å². The number of ether oxygens (including phenoxy) is 1. The first-order valence-corrected chi connectivity index (χ1v) is 32.6. The minimum atomic E-state index is -1.31. The van der Waals surface area contributed by atoms with E-state index in [4.69, 9.17) is 29.7 Å². The molecule has 2 aliphatic rings. The van der Waals surface area contributed by atoms with Gasteiger partial charge in [-0.05, 0) is 49.8 Å². The van der Waals surface area contributed by atoms with Crippen LogP contribution in [-0.2, 0) is 35.3 Å². The monoisotopic (exact) mass is 1310 g/mol. The quantitative estimate of drug-likeness (QED) is 0.0519.